The zero-order valence-electron chi connectivity index (χ0n) is 34.9. The zero-order valence-corrected chi connectivity index (χ0v) is 34.9. The van der Waals surface area contributed by atoms with E-state index in [-0.39, 0.29) is 0 Å². The number of hydrogen-bond donors (Lipinski definition) is 1. The second-order valence-corrected chi connectivity index (χ2v) is 16.4. The molecule has 0 bridgehead atoms. The molecule has 0 aliphatic carbocycles. The first-order valence-corrected chi connectivity index (χ1v) is 21.8. The fraction of sp³-hybridized carbons (Fsp3) is 0. The molecule has 0 unspecified atom stereocenters. The molecule has 64 heavy (non-hydrogen) atoms. The van der Waals surface area contributed by atoms with Crippen molar-refractivity contribution in [3.05, 3.63) is 237 Å². The smallest absolute Gasteiger partial charge is 0.198 e. The summed E-state index contributed by atoms with van der Waals surface area (Å²) in [5, 5.41) is 6.02. The van der Waals surface area contributed by atoms with Crippen molar-refractivity contribution in [2.24, 2.45) is 0 Å². The van der Waals surface area contributed by atoms with E-state index in [1.54, 1.807) is 0 Å². The number of para-hydroxylation sites is 1. The van der Waals surface area contributed by atoms with Gasteiger partial charge in [-0.2, -0.15) is 0 Å². The maximum Gasteiger partial charge on any atom is 0.198 e. The molecule has 1 aliphatic heterocycles. The van der Waals surface area contributed by atoms with E-state index < -0.39 is 0 Å². The van der Waals surface area contributed by atoms with Gasteiger partial charge in [0, 0.05) is 39.1 Å². The summed E-state index contributed by atoms with van der Waals surface area (Å²) in [6, 6.07) is 84.5. The molecular weight excluding hydrogens is 775 g/mol. The standard InChI is InChI=1S/C60H40BN2O/c1-5-15-40(16-6-1)44-25-31-48(32-26-44)62-55-35-29-46(42-19-9-3-10-20-42)37-51(55)52-39-53-50-23-13-14-24-57(50)64-60(53)59-58(52)61-54-38-47(43-21-11-4-12-22-43)30-36-56(54)63(59)49-33-27-45(28-34-49)41-17-7-2-8-18-41/h1-39,62H. The lowest BCUT2D eigenvalue weighted by molar-refractivity contribution is 0.669. The van der Waals surface area contributed by atoms with Gasteiger partial charge in [-0.1, -0.05) is 187 Å². The van der Waals surface area contributed by atoms with Gasteiger partial charge in [0.2, 0.25) is 0 Å². The van der Waals surface area contributed by atoms with Crippen LogP contribution in [0.3, 0.4) is 0 Å². The predicted octanol–water partition coefficient (Wildman–Crippen LogP) is 15.1. The summed E-state index contributed by atoms with van der Waals surface area (Å²) in [5.74, 6) is 0. The fourth-order valence-electron chi connectivity index (χ4n) is 9.33. The van der Waals surface area contributed by atoms with Crippen LogP contribution in [-0.2, 0) is 0 Å². The van der Waals surface area contributed by atoms with Crippen molar-refractivity contribution in [3.63, 3.8) is 0 Å². The monoisotopic (exact) mass is 815 g/mol. The molecule has 0 amide bonds. The van der Waals surface area contributed by atoms with E-state index in [4.69, 9.17) is 4.42 Å². The van der Waals surface area contributed by atoms with E-state index in [1.807, 2.05) is 0 Å². The van der Waals surface area contributed by atoms with Crippen LogP contribution in [0.4, 0.5) is 28.4 Å². The van der Waals surface area contributed by atoms with E-state index in [0.717, 1.165) is 89.1 Å². The van der Waals surface area contributed by atoms with Crippen LogP contribution in [0.25, 0.3) is 77.6 Å². The molecule has 3 nitrogen and oxygen atoms in total. The minimum absolute atomic E-state index is 0.853. The number of nitrogens with one attached hydrogen (secondary N) is 1. The highest BCUT2D eigenvalue weighted by molar-refractivity contribution is 6.74. The van der Waals surface area contributed by atoms with Crippen LogP contribution >= 0.6 is 0 Å². The minimum atomic E-state index is 0.853. The molecule has 10 aromatic carbocycles. The summed E-state index contributed by atoms with van der Waals surface area (Å²) in [7, 11) is 2.38. The van der Waals surface area contributed by atoms with E-state index in [2.05, 4.69) is 254 Å². The third-order valence-electron chi connectivity index (χ3n) is 12.5. The van der Waals surface area contributed by atoms with Crippen LogP contribution in [0.1, 0.15) is 0 Å². The maximum absolute atomic E-state index is 6.98. The molecule has 0 atom stereocenters. The summed E-state index contributed by atoms with van der Waals surface area (Å²) < 4.78 is 6.98. The number of nitrogens with zero attached hydrogens (tertiary/aromatic N) is 1. The minimum Gasteiger partial charge on any atom is -0.454 e. The van der Waals surface area contributed by atoms with Crippen LogP contribution in [0, 0.1) is 0 Å². The zero-order chi connectivity index (χ0) is 42.4. The number of furan rings is 1. The molecule has 1 aromatic heterocycles. The molecule has 12 rings (SSSR count). The van der Waals surface area contributed by atoms with Crippen molar-refractivity contribution in [1.82, 2.24) is 0 Å². The molecule has 1 radical (unpaired) electrons. The predicted molar refractivity (Wildman–Crippen MR) is 270 cm³/mol. The van der Waals surface area contributed by atoms with Gasteiger partial charge >= 0.3 is 0 Å². The maximum atomic E-state index is 6.98. The summed E-state index contributed by atoms with van der Waals surface area (Å²) in [6.45, 7) is 0. The number of fused-ring (bicyclic) bond motifs is 6. The lowest BCUT2D eigenvalue weighted by atomic mass is 9.57. The van der Waals surface area contributed by atoms with Gasteiger partial charge in [0.1, 0.15) is 5.58 Å². The average Bonchev–Trinajstić information content (AvgIpc) is 3.75. The van der Waals surface area contributed by atoms with Gasteiger partial charge in [-0.25, -0.2) is 0 Å². The van der Waals surface area contributed by atoms with Crippen LogP contribution in [-0.4, -0.2) is 7.28 Å². The summed E-state index contributed by atoms with van der Waals surface area (Å²) in [4.78, 5) is 2.42. The average molecular weight is 816 g/mol. The largest absolute Gasteiger partial charge is 0.454 e. The van der Waals surface area contributed by atoms with Crippen LogP contribution in [0.5, 0.6) is 0 Å². The number of hydrogen-bond acceptors (Lipinski definition) is 3. The SMILES string of the molecule is [B]1c2cc(-c3ccccc3)ccc2N(c2ccc(-c3ccccc3)cc2)c2c1c(-c1cc(-c3ccccc3)ccc1Nc1ccc(-c3ccccc3)cc1)cc1c2oc2ccccc21. The third-order valence-corrected chi connectivity index (χ3v) is 12.5. The van der Waals surface area contributed by atoms with E-state index in [9.17, 15) is 0 Å². The molecule has 299 valence electrons. The van der Waals surface area contributed by atoms with Gasteiger partial charge in [0.05, 0.1) is 5.69 Å². The van der Waals surface area contributed by atoms with Gasteiger partial charge in [-0.05, 0) is 110 Å². The van der Waals surface area contributed by atoms with Crippen molar-refractivity contribution in [1.29, 1.82) is 0 Å². The Morgan fingerprint density at radius 3 is 1.52 bits per heavy atom. The highest BCUT2D eigenvalue weighted by Crippen LogP contribution is 2.47. The quantitative estimate of drug-likeness (QED) is 0.155. The first-order valence-electron chi connectivity index (χ1n) is 21.8. The molecule has 1 N–H and O–H groups in total. The molecular formula is C60H40BN2O. The highest BCUT2D eigenvalue weighted by atomic mass is 16.3. The fourth-order valence-corrected chi connectivity index (χ4v) is 9.33. The number of benzene rings is 10. The van der Waals surface area contributed by atoms with Crippen molar-refractivity contribution in [2.45, 2.75) is 0 Å². The van der Waals surface area contributed by atoms with Gasteiger partial charge in [0.25, 0.3) is 0 Å². The Hall–Kier alpha value is -8.34. The molecule has 4 heteroatoms. The molecule has 1 aliphatic rings. The molecule has 11 aromatic rings. The Labute approximate surface area is 373 Å². The Balaban J connectivity index is 1.10. The lowest BCUT2D eigenvalue weighted by Crippen LogP contribution is -2.41. The Morgan fingerprint density at radius 2 is 0.891 bits per heavy atom. The molecule has 0 saturated heterocycles. The second kappa shape index (κ2) is 15.8. The van der Waals surface area contributed by atoms with E-state index >= 15 is 0 Å². The second-order valence-electron chi connectivity index (χ2n) is 16.4. The van der Waals surface area contributed by atoms with E-state index in [0.29, 0.717) is 0 Å². The topological polar surface area (TPSA) is 28.4 Å². The summed E-state index contributed by atoms with van der Waals surface area (Å²) >= 11 is 0. The molecule has 0 fully saturated rings. The Bertz CT molecular complexity index is 3460. The van der Waals surface area contributed by atoms with Gasteiger partial charge in [-0.3, -0.25) is 0 Å². The molecule has 0 saturated carbocycles. The van der Waals surface area contributed by atoms with Crippen molar-refractivity contribution in [2.75, 3.05) is 10.2 Å². The van der Waals surface area contributed by atoms with Gasteiger partial charge in [0.15, 0.2) is 12.9 Å². The Kier molecular flexibility index (Phi) is 9.27. The summed E-state index contributed by atoms with van der Waals surface area (Å²) in [6.07, 6.45) is 0. The van der Waals surface area contributed by atoms with Gasteiger partial charge < -0.3 is 14.6 Å². The van der Waals surface area contributed by atoms with Crippen LogP contribution < -0.4 is 21.1 Å². The first kappa shape index (κ1) is 37.4. The Morgan fingerprint density at radius 1 is 0.391 bits per heavy atom. The van der Waals surface area contributed by atoms with Crippen molar-refractivity contribution < 1.29 is 4.42 Å². The van der Waals surface area contributed by atoms with Gasteiger partial charge in [-0.15, -0.1) is 0 Å². The lowest BCUT2D eigenvalue weighted by Gasteiger charge is -2.35. The summed E-state index contributed by atoms with van der Waals surface area (Å²) in [5.41, 5.74) is 20.7. The van der Waals surface area contributed by atoms with Crippen LogP contribution in [0.2, 0.25) is 0 Å². The third kappa shape index (κ3) is 6.73. The first-order chi connectivity index (χ1) is 31.7. The van der Waals surface area contributed by atoms with Crippen LogP contribution in [0.15, 0.2) is 241 Å². The number of rotatable bonds is 8. The van der Waals surface area contributed by atoms with E-state index in [1.165, 1.54) is 27.8 Å². The molecule has 0 spiro atoms. The normalized spacial score (nSPS) is 11.8. The number of anilines is 5. The molecule has 2 heterocycles. The highest BCUT2D eigenvalue weighted by Gasteiger charge is 2.32. The van der Waals surface area contributed by atoms with Crippen molar-refractivity contribution >= 4 is 68.6 Å². The van der Waals surface area contributed by atoms with Crippen molar-refractivity contribution in [3.8, 4) is 55.6 Å².